The molecule has 106 valence electrons. The van der Waals surface area contributed by atoms with Crippen LogP contribution in [0.5, 0.6) is 0 Å². The zero-order chi connectivity index (χ0) is 15.0. The maximum absolute atomic E-state index is 14.3. The number of rotatable bonds is 2. The predicted molar refractivity (Wildman–Crippen MR) is 93.8 cm³/mol. The van der Waals surface area contributed by atoms with Crippen LogP contribution >= 0.6 is 43.5 Å². The van der Waals surface area contributed by atoms with E-state index in [1.54, 1.807) is 12.1 Å². The molecule has 0 amide bonds. The smallest absolute Gasteiger partial charge is 0.142 e. The minimum absolute atomic E-state index is 0.239. The van der Waals surface area contributed by atoms with Crippen LogP contribution in [0.25, 0.3) is 10.8 Å². The highest BCUT2D eigenvalue weighted by Crippen LogP contribution is 2.39. The Kier molecular flexibility index (Phi) is 4.34. The highest BCUT2D eigenvalue weighted by molar-refractivity contribution is 9.10. The molecule has 0 N–H and O–H groups in total. The van der Waals surface area contributed by atoms with Gasteiger partial charge in [0.1, 0.15) is 5.82 Å². The van der Waals surface area contributed by atoms with Crippen molar-refractivity contribution in [1.82, 2.24) is 0 Å². The molecule has 0 saturated heterocycles. The fraction of sp³-hybridized carbons (Fsp3) is 0.0588. The molecule has 0 aliphatic rings. The molecule has 0 heterocycles. The van der Waals surface area contributed by atoms with Crippen molar-refractivity contribution in [3.63, 3.8) is 0 Å². The van der Waals surface area contributed by atoms with Gasteiger partial charge in [0, 0.05) is 16.0 Å². The Labute approximate surface area is 144 Å². The van der Waals surface area contributed by atoms with Crippen LogP contribution in [0.1, 0.15) is 16.0 Å². The van der Waals surface area contributed by atoms with E-state index in [-0.39, 0.29) is 10.6 Å². The minimum Gasteiger partial charge on any atom is -0.205 e. The quantitative estimate of drug-likeness (QED) is 0.390. The summed E-state index contributed by atoms with van der Waals surface area (Å²) in [7, 11) is 0. The Balaban J connectivity index is 2.21. The standard InChI is InChI=1S/C17H10Br2ClF/c18-14-7-3-6-13(17(14)21)16(19)12-8-9-15(20)11-5-2-1-4-10(11)12/h1-9,16H. The van der Waals surface area contributed by atoms with Crippen molar-refractivity contribution in [3.05, 3.63) is 81.0 Å². The first-order valence-corrected chi connectivity index (χ1v) is 8.43. The normalized spacial score (nSPS) is 12.6. The number of alkyl halides is 1. The summed E-state index contributed by atoms with van der Waals surface area (Å²) in [6.07, 6.45) is 0. The van der Waals surface area contributed by atoms with E-state index in [4.69, 9.17) is 11.6 Å². The van der Waals surface area contributed by atoms with Gasteiger partial charge in [0.2, 0.25) is 0 Å². The van der Waals surface area contributed by atoms with E-state index in [0.29, 0.717) is 15.1 Å². The van der Waals surface area contributed by atoms with Crippen LogP contribution < -0.4 is 0 Å². The molecule has 0 aromatic heterocycles. The van der Waals surface area contributed by atoms with Gasteiger partial charge in [-0.1, -0.05) is 70.0 Å². The van der Waals surface area contributed by atoms with Gasteiger partial charge in [-0.25, -0.2) is 4.39 Å². The van der Waals surface area contributed by atoms with Crippen molar-refractivity contribution in [2.45, 2.75) is 4.83 Å². The molecular formula is C17H10Br2ClF. The summed E-state index contributed by atoms with van der Waals surface area (Å²) in [5.74, 6) is -0.251. The van der Waals surface area contributed by atoms with E-state index < -0.39 is 0 Å². The highest BCUT2D eigenvalue weighted by Gasteiger charge is 2.19. The lowest BCUT2D eigenvalue weighted by atomic mass is 9.98. The van der Waals surface area contributed by atoms with Crippen molar-refractivity contribution in [1.29, 1.82) is 0 Å². The summed E-state index contributed by atoms with van der Waals surface area (Å²) in [4.78, 5) is -0.239. The van der Waals surface area contributed by atoms with Crippen molar-refractivity contribution >= 4 is 54.2 Å². The second-order valence-corrected chi connectivity index (χ2v) is 6.87. The minimum atomic E-state index is -0.251. The van der Waals surface area contributed by atoms with Gasteiger partial charge in [-0.3, -0.25) is 0 Å². The van der Waals surface area contributed by atoms with Gasteiger partial charge in [0.05, 0.1) is 9.30 Å². The van der Waals surface area contributed by atoms with E-state index >= 15 is 0 Å². The first-order chi connectivity index (χ1) is 10.1. The maximum Gasteiger partial charge on any atom is 0.142 e. The average Bonchev–Trinajstić information content (AvgIpc) is 2.50. The Morgan fingerprint density at radius 3 is 2.33 bits per heavy atom. The highest BCUT2D eigenvalue weighted by atomic mass is 79.9. The van der Waals surface area contributed by atoms with Crippen molar-refractivity contribution in [2.24, 2.45) is 0 Å². The SMILES string of the molecule is Fc1c(Br)cccc1C(Br)c1ccc(Cl)c2ccccc12. The molecule has 0 saturated carbocycles. The zero-order valence-corrected chi connectivity index (χ0v) is 14.7. The van der Waals surface area contributed by atoms with Gasteiger partial charge in [0.15, 0.2) is 0 Å². The Morgan fingerprint density at radius 2 is 1.57 bits per heavy atom. The van der Waals surface area contributed by atoms with E-state index in [2.05, 4.69) is 31.9 Å². The number of hydrogen-bond acceptors (Lipinski definition) is 0. The molecule has 3 aromatic rings. The topological polar surface area (TPSA) is 0 Å². The van der Waals surface area contributed by atoms with E-state index in [1.165, 1.54) is 0 Å². The third-order valence-corrected chi connectivity index (χ3v) is 5.36. The van der Waals surface area contributed by atoms with Gasteiger partial charge >= 0.3 is 0 Å². The monoisotopic (exact) mass is 426 g/mol. The molecule has 0 fully saturated rings. The first kappa shape index (κ1) is 15.0. The molecule has 3 rings (SSSR count). The predicted octanol–water partition coefficient (Wildman–Crippen LogP) is 6.88. The van der Waals surface area contributed by atoms with Crippen LogP contribution in [0.15, 0.2) is 59.1 Å². The molecule has 3 aromatic carbocycles. The lowest BCUT2D eigenvalue weighted by Gasteiger charge is -2.15. The molecule has 0 spiro atoms. The Morgan fingerprint density at radius 1 is 0.857 bits per heavy atom. The zero-order valence-electron chi connectivity index (χ0n) is 10.8. The summed E-state index contributed by atoms with van der Waals surface area (Å²) >= 11 is 13.1. The lowest BCUT2D eigenvalue weighted by Crippen LogP contribution is -1.98. The van der Waals surface area contributed by atoms with Crippen LogP contribution in [0.3, 0.4) is 0 Å². The summed E-state index contributed by atoms with van der Waals surface area (Å²) in [5.41, 5.74) is 1.59. The van der Waals surface area contributed by atoms with Crippen molar-refractivity contribution in [2.75, 3.05) is 0 Å². The number of fused-ring (bicyclic) bond motifs is 1. The lowest BCUT2D eigenvalue weighted by molar-refractivity contribution is 0.607. The molecule has 0 nitrogen and oxygen atoms in total. The van der Waals surface area contributed by atoms with Gasteiger partial charge in [0.25, 0.3) is 0 Å². The van der Waals surface area contributed by atoms with Crippen LogP contribution in [-0.2, 0) is 0 Å². The van der Waals surface area contributed by atoms with E-state index in [0.717, 1.165) is 16.3 Å². The fourth-order valence-electron chi connectivity index (χ4n) is 2.39. The Hall–Kier alpha value is -0.900. The van der Waals surface area contributed by atoms with Gasteiger partial charge in [-0.2, -0.15) is 0 Å². The molecule has 0 aliphatic heterocycles. The van der Waals surface area contributed by atoms with Gasteiger partial charge in [-0.15, -0.1) is 0 Å². The van der Waals surface area contributed by atoms with E-state index in [9.17, 15) is 4.39 Å². The second kappa shape index (κ2) is 6.07. The molecule has 1 unspecified atom stereocenters. The van der Waals surface area contributed by atoms with Crippen molar-refractivity contribution in [3.8, 4) is 0 Å². The maximum atomic E-state index is 14.3. The number of hydrogen-bond donors (Lipinski definition) is 0. The van der Waals surface area contributed by atoms with Gasteiger partial charge in [-0.05, 0) is 39.0 Å². The molecule has 0 aliphatic carbocycles. The molecular weight excluding hydrogens is 418 g/mol. The van der Waals surface area contributed by atoms with Crippen molar-refractivity contribution < 1.29 is 4.39 Å². The number of halogens is 4. The van der Waals surface area contributed by atoms with Gasteiger partial charge < -0.3 is 0 Å². The molecule has 21 heavy (non-hydrogen) atoms. The van der Waals surface area contributed by atoms with Crippen LogP contribution in [0, 0.1) is 5.82 Å². The summed E-state index contributed by atoms with van der Waals surface area (Å²) in [5, 5.41) is 2.69. The average molecular weight is 429 g/mol. The summed E-state index contributed by atoms with van der Waals surface area (Å²) in [6, 6.07) is 17.0. The molecule has 1 atom stereocenters. The summed E-state index contributed by atoms with van der Waals surface area (Å²) < 4.78 is 14.8. The summed E-state index contributed by atoms with van der Waals surface area (Å²) in [6.45, 7) is 0. The largest absolute Gasteiger partial charge is 0.205 e. The van der Waals surface area contributed by atoms with Crippen LogP contribution in [-0.4, -0.2) is 0 Å². The third kappa shape index (κ3) is 2.75. The molecule has 0 bridgehead atoms. The van der Waals surface area contributed by atoms with Crippen LogP contribution in [0.2, 0.25) is 5.02 Å². The number of benzene rings is 3. The third-order valence-electron chi connectivity index (χ3n) is 3.43. The second-order valence-electron chi connectivity index (χ2n) is 4.69. The van der Waals surface area contributed by atoms with Crippen LogP contribution in [0.4, 0.5) is 4.39 Å². The first-order valence-electron chi connectivity index (χ1n) is 6.34. The van der Waals surface area contributed by atoms with E-state index in [1.807, 2.05) is 42.5 Å². The molecule has 0 radical (unpaired) electrons. The molecule has 4 heteroatoms. The Bertz CT molecular complexity index is 817. The fourth-order valence-corrected chi connectivity index (χ4v) is 3.75.